The van der Waals surface area contributed by atoms with Gasteiger partial charge in [-0.3, -0.25) is 0 Å². The van der Waals surface area contributed by atoms with Crippen molar-refractivity contribution in [3.8, 4) is 33.8 Å². The maximum Gasteiger partial charge on any atom is 0.118 e. The highest BCUT2D eigenvalue weighted by Crippen LogP contribution is 2.31. The van der Waals surface area contributed by atoms with Gasteiger partial charge in [0, 0.05) is 5.69 Å². The first-order valence-electron chi connectivity index (χ1n) is 7.39. The lowest BCUT2D eigenvalue weighted by atomic mass is 9.98. The Bertz CT molecular complexity index is 727. The van der Waals surface area contributed by atoms with Crippen molar-refractivity contribution in [2.45, 2.75) is 0 Å². The molecule has 116 valence electrons. The van der Waals surface area contributed by atoms with Gasteiger partial charge in [0.05, 0.1) is 14.2 Å². The summed E-state index contributed by atoms with van der Waals surface area (Å²) >= 11 is 0. The van der Waals surface area contributed by atoms with Crippen LogP contribution in [-0.2, 0) is 0 Å². The molecule has 0 bridgehead atoms. The van der Waals surface area contributed by atoms with Gasteiger partial charge < -0.3 is 15.2 Å². The monoisotopic (exact) mass is 305 g/mol. The zero-order valence-electron chi connectivity index (χ0n) is 13.2. The smallest absolute Gasteiger partial charge is 0.118 e. The molecule has 0 amide bonds. The Morgan fingerprint density at radius 3 is 1.30 bits per heavy atom. The van der Waals surface area contributed by atoms with E-state index in [1.54, 1.807) is 14.2 Å². The van der Waals surface area contributed by atoms with E-state index in [-0.39, 0.29) is 0 Å². The van der Waals surface area contributed by atoms with Crippen LogP contribution in [-0.4, -0.2) is 14.2 Å². The molecule has 0 radical (unpaired) electrons. The molecule has 23 heavy (non-hydrogen) atoms. The van der Waals surface area contributed by atoms with Gasteiger partial charge >= 0.3 is 0 Å². The Balaban J connectivity index is 2.00. The summed E-state index contributed by atoms with van der Waals surface area (Å²) in [6.07, 6.45) is 0. The van der Waals surface area contributed by atoms with Crippen molar-refractivity contribution in [3.63, 3.8) is 0 Å². The first-order valence-corrected chi connectivity index (χ1v) is 7.39. The molecule has 0 unspecified atom stereocenters. The van der Waals surface area contributed by atoms with E-state index < -0.39 is 0 Å². The Hall–Kier alpha value is -2.94. The van der Waals surface area contributed by atoms with E-state index in [0.717, 1.165) is 39.4 Å². The van der Waals surface area contributed by atoms with Gasteiger partial charge in [-0.15, -0.1) is 0 Å². The van der Waals surface area contributed by atoms with Gasteiger partial charge in [-0.1, -0.05) is 24.3 Å². The van der Waals surface area contributed by atoms with Crippen LogP contribution in [0.2, 0.25) is 0 Å². The fraction of sp³-hybridized carbons (Fsp3) is 0.100. The summed E-state index contributed by atoms with van der Waals surface area (Å²) in [7, 11) is 3.33. The van der Waals surface area contributed by atoms with Crippen molar-refractivity contribution in [3.05, 3.63) is 66.7 Å². The quantitative estimate of drug-likeness (QED) is 0.715. The Morgan fingerprint density at radius 1 is 0.565 bits per heavy atom. The molecule has 0 heterocycles. The van der Waals surface area contributed by atoms with Crippen molar-refractivity contribution in [1.82, 2.24) is 0 Å². The SMILES string of the molecule is COc1ccc(-c2cc(N)cc(-c3ccc(OC)cc3)c2)cc1. The molecule has 0 atom stereocenters. The van der Waals surface area contributed by atoms with Crippen molar-refractivity contribution in [2.75, 3.05) is 20.0 Å². The van der Waals surface area contributed by atoms with Crippen LogP contribution in [0.15, 0.2) is 66.7 Å². The third kappa shape index (κ3) is 3.29. The fourth-order valence-electron chi connectivity index (χ4n) is 2.55. The van der Waals surface area contributed by atoms with E-state index in [0.29, 0.717) is 0 Å². The second kappa shape index (κ2) is 6.44. The molecule has 0 fully saturated rings. The van der Waals surface area contributed by atoms with Gasteiger partial charge in [0.15, 0.2) is 0 Å². The molecule has 3 nitrogen and oxygen atoms in total. The number of anilines is 1. The number of hydrogen-bond acceptors (Lipinski definition) is 3. The zero-order valence-corrected chi connectivity index (χ0v) is 13.2. The van der Waals surface area contributed by atoms with Crippen molar-refractivity contribution in [1.29, 1.82) is 0 Å². The minimum atomic E-state index is 0.740. The largest absolute Gasteiger partial charge is 0.497 e. The number of nitrogens with two attached hydrogens (primary N) is 1. The standard InChI is InChI=1S/C20H19NO2/c1-22-19-7-3-14(4-8-19)16-11-17(13-18(21)12-16)15-5-9-20(23-2)10-6-15/h3-13H,21H2,1-2H3. The lowest BCUT2D eigenvalue weighted by molar-refractivity contribution is 0.415. The first kappa shape index (κ1) is 15.0. The Labute approximate surface area is 136 Å². The van der Waals surface area contributed by atoms with Crippen molar-refractivity contribution in [2.24, 2.45) is 0 Å². The van der Waals surface area contributed by atoms with E-state index in [4.69, 9.17) is 15.2 Å². The van der Waals surface area contributed by atoms with Gasteiger partial charge in [-0.2, -0.15) is 0 Å². The van der Waals surface area contributed by atoms with E-state index in [1.807, 2.05) is 60.7 Å². The molecule has 2 N–H and O–H groups in total. The maximum absolute atomic E-state index is 6.10. The molecule has 0 spiro atoms. The summed E-state index contributed by atoms with van der Waals surface area (Å²) < 4.78 is 10.4. The summed E-state index contributed by atoms with van der Waals surface area (Å²) in [5, 5.41) is 0. The molecule has 0 aliphatic heterocycles. The summed E-state index contributed by atoms with van der Waals surface area (Å²) in [6.45, 7) is 0. The molecular weight excluding hydrogens is 286 g/mol. The highest BCUT2D eigenvalue weighted by atomic mass is 16.5. The fourth-order valence-corrected chi connectivity index (χ4v) is 2.55. The molecule has 0 saturated heterocycles. The highest BCUT2D eigenvalue weighted by Gasteiger charge is 2.05. The molecule has 0 aromatic heterocycles. The van der Waals surface area contributed by atoms with Crippen LogP contribution >= 0.6 is 0 Å². The Morgan fingerprint density at radius 2 is 0.957 bits per heavy atom. The van der Waals surface area contributed by atoms with Crippen LogP contribution in [0, 0.1) is 0 Å². The van der Waals surface area contributed by atoms with Crippen LogP contribution in [0.5, 0.6) is 11.5 Å². The van der Waals surface area contributed by atoms with Crippen LogP contribution in [0.25, 0.3) is 22.3 Å². The minimum absolute atomic E-state index is 0.740. The summed E-state index contributed by atoms with van der Waals surface area (Å²) in [4.78, 5) is 0. The molecular formula is C20H19NO2. The molecule has 3 heteroatoms. The predicted molar refractivity (Wildman–Crippen MR) is 94.8 cm³/mol. The average molecular weight is 305 g/mol. The number of benzene rings is 3. The van der Waals surface area contributed by atoms with Crippen molar-refractivity contribution >= 4 is 5.69 Å². The van der Waals surface area contributed by atoms with Crippen LogP contribution < -0.4 is 15.2 Å². The number of nitrogen functional groups attached to an aromatic ring is 1. The van der Waals surface area contributed by atoms with Crippen LogP contribution in [0.1, 0.15) is 0 Å². The first-order chi connectivity index (χ1) is 11.2. The van der Waals surface area contributed by atoms with Gasteiger partial charge in [0.2, 0.25) is 0 Å². The molecule has 0 aliphatic rings. The zero-order chi connectivity index (χ0) is 16.2. The van der Waals surface area contributed by atoms with Gasteiger partial charge in [-0.05, 0) is 64.7 Å². The van der Waals surface area contributed by atoms with Gasteiger partial charge in [-0.25, -0.2) is 0 Å². The van der Waals surface area contributed by atoms with E-state index >= 15 is 0 Å². The van der Waals surface area contributed by atoms with E-state index in [9.17, 15) is 0 Å². The lowest BCUT2D eigenvalue weighted by Crippen LogP contribution is -1.89. The number of hydrogen-bond donors (Lipinski definition) is 1. The topological polar surface area (TPSA) is 44.5 Å². The van der Waals surface area contributed by atoms with E-state index in [1.165, 1.54) is 0 Å². The van der Waals surface area contributed by atoms with E-state index in [2.05, 4.69) is 6.07 Å². The van der Waals surface area contributed by atoms with Crippen molar-refractivity contribution < 1.29 is 9.47 Å². The summed E-state index contributed by atoms with van der Waals surface area (Å²) in [5.74, 6) is 1.68. The normalized spacial score (nSPS) is 10.3. The van der Waals surface area contributed by atoms with Gasteiger partial charge in [0.1, 0.15) is 11.5 Å². The predicted octanol–water partition coefficient (Wildman–Crippen LogP) is 4.62. The number of rotatable bonds is 4. The minimum Gasteiger partial charge on any atom is -0.497 e. The third-order valence-electron chi connectivity index (χ3n) is 3.80. The molecule has 3 rings (SSSR count). The Kier molecular flexibility index (Phi) is 4.20. The molecule has 0 saturated carbocycles. The molecule has 3 aromatic carbocycles. The third-order valence-corrected chi connectivity index (χ3v) is 3.80. The lowest BCUT2D eigenvalue weighted by Gasteiger charge is -2.09. The highest BCUT2D eigenvalue weighted by molar-refractivity contribution is 5.77. The molecule has 3 aromatic rings. The van der Waals surface area contributed by atoms with Crippen LogP contribution in [0.3, 0.4) is 0 Å². The average Bonchev–Trinajstić information content (AvgIpc) is 2.61. The maximum atomic E-state index is 6.10. The van der Waals surface area contributed by atoms with Crippen LogP contribution in [0.4, 0.5) is 5.69 Å². The number of ether oxygens (including phenoxy) is 2. The summed E-state index contributed by atoms with van der Waals surface area (Å²) in [5.41, 5.74) is 11.2. The second-order valence-electron chi connectivity index (χ2n) is 5.30. The van der Waals surface area contributed by atoms with Gasteiger partial charge in [0.25, 0.3) is 0 Å². The second-order valence-corrected chi connectivity index (χ2v) is 5.30. The molecule has 0 aliphatic carbocycles. The number of methoxy groups -OCH3 is 2. The summed E-state index contributed by atoms with van der Waals surface area (Å²) in [6, 6.07) is 22.0.